The molecule has 14 heavy (non-hydrogen) atoms. The minimum absolute atomic E-state index is 0.483. The van der Waals surface area contributed by atoms with E-state index >= 15 is 0 Å². The number of hydrogen-bond acceptors (Lipinski definition) is 3. The molecule has 0 aliphatic carbocycles. The number of aryl methyl sites for hydroxylation is 1. The molecule has 1 fully saturated rings. The average Bonchev–Trinajstić information content (AvgIpc) is 2.19. The Balaban J connectivity index is 2.22. The molecule has 0 unspecified atom stereocenters. The summed E-state index contributed by atoms with van der Waals surface area (Å²) < 4.78 is 0. The fourth-order valence-corrected chi connectivity index (χ4v) is 2.07. The lowest BCUT2D eigenvalue weighted by Gasteiger charge is -2.24. The van der Waals surface area contributed by atoms with Crippen molar-refractivity contribution in [1.82, 2.24) is 10.3 Å². The quantitative estimate of drug-likeness (QED) is 0.711. The highest BCUT2D eigenvalue weighted by molar-refractivity contribution is 5.37. The molecule has 0 bridgehead atoms. The zero-order valence-corrected chi connectivity index (χ0v) is 8.59. The van der Waals surface area contributed by atoms with Crippen LogP contribution in [0.2, 0.25) is 0 Å². The summed E-state index contributed by atoms with van der Waals surface area (Å²) in [5, 5.41) is 3.51. The van der Waals surface area contributed by atoms with Crippen molar-refractivity contribution in [3.8, 4) is 0 Å². The number of anilines is 1. The smallest absolute Gasteiger partial charge is 0.123 e. The first-order valence-electron chi connectivity index (χ1n) is 5.23. The predicted molar refractivity (Wildman–Crippen MR) is 58.0 cm³/mol. The van der Waals surface area contributed by atoms with E-state index in [0.717, 1.165) is 6.54 Å². The standard InChI is InChI=1S/C11H17N3/c1-8-6-11(12)14-7-9(8)10-4-2-3-5-13-10/h6-7,10,13H,2-5H2,1H3,(H2,12,14)/t10-/m0/s1. The first-order chi connectivity index (χ1) is 6.77. The van der Waals surface area contributed by atoms with Gasteiger partial charge in [0.15, 0.2) is 0 Å². The van der Waals surface area contributed by atoms with Gasteiger partial charge in [-0.25, -0.2) is 4.98 Å². The van der Waals surface area contributed by atoms with E-state index in [1.807, 2.05) is 12.3 Å². The second-order valence-corrected chi connectivity index (χ2v) is 3.97. The average molecular weight is 191 g/mol. The van der Waals surface area contributed by atoms with E-state index in [4.69, 9.17) is 5.73 Å². The normalized spacial score (nSPS) is 22.2. The Kier molecular flexibility index (Phi) is 2.68. The summed E-state index contributed by atoms with van der Waals surface area (Å²) in [6, 6.07) is 2.43. The van der Waals surface area contributed by atoms with Crippen LogP contribution in [0.3, 0.4) is 0 Å². The van der Waals surface area contributed by atoms with E-state index in [-0.39, 0.29) is 0 Å². The number of pyridine rings is 1. The molecule has 0 radical (unpaired) electrons. The van der Waals surface area contributed by atoms with Gasteiger partial charge < -0.3 is 11.1 Å². The van der Waals surface area contributed by atoms with Crippen LogP contribution >= 0.6 is 0 Å². The highest BCUT2D eigenvalue weighted by atomic mass is 14.9. The van der Waals surface area contributed by atoms with Gasteiger partial charge >= 0.3 is 0 Å². The van der Waals surface area contributed by atoms with Crippen LogP contribution in [-0.4, -0.2) is 11.5 Å². The Labute approximate surface area is 84.7 Å². The molecular weight excluding hydrogens is 174 g/mol. The van der Waals surface area contributed by atoms with Crippen molar-refractivity contribution in [2.45, 2.75) is 32.2 Å². The maximum Gasteiger partial charge on any atom is 0.123 e. The van der Waals surface area contributed by atoms with Crippen LogP contribution in [0.25, 0.3) is 0 Å². The highest BCUT2D eigenvalue weighted by Crippen LogP contribution is 2.25. The molecule has 2 rings (SSSR count). The van der Waals surface area contributed by atoms with Crippen molar-refractivity contribution in [2.75, 3.05) is 12.3 Å². The Hall–Kier alpha value is -1.09. The lowest BCUT2D eigenvalue weighted by Crippen LogP contribution is -2.27. The third-order valence-electron chi connectivity index (χ3n) is 2.86. The first-order valence-corrected chi connectivity index (χ1v) is 5.23. The second kappa shape index (κ2) is 3.96. The molecule has 0 amide bonds. The number of rotatable bonds is 1. The zero-order chi connectivity index (χ0) is 9.97. The van der Waals surface area contributed by atoms with Crippen LogP contribution in [0.15, 0.2) is 12.3 Å². The zero-order valence-electron chi connectivity index (χ0n) is 8.59. The summed E-state index contributed by atoms with van der Waals surface area (Å²) in [6.45, 7) is 3.22. The SMILES string of the molecule is Cc1cc(N)ncc1[C@@H]1CCCCN1. The number of aromatic nitrogens is 1. The molecular formula is C11H17N3. The van der Waals surface area contributed by atoms with Crippen LogP contribution < -0.4 is 11.1 Å². The van der Waals surface area contributed by atoms with Crippen molar-refractivity contribution < 1.29 is 0 Å². The van der Waals surface area contributed by atoms with Gasteiger partial charge in [-0.1, -0.05) is 6.42 Å². The molecule has 1 aliphatic rings. The Morgan fingerprint density at radius 3 is 3.00 bits per heavy atom. The molecule has 0 spiro atoms. The minimum Gasteiger partial charge on any atom is -0.384 e. The van der Waals surface area contributed by atoms with Crippen molar-refractivity contribution >= 4 is 5.82 Å². The summed E-state index contributed by atoms with van der Waals surface area (Å²) in [4.78, 5) is 4.15. The summed E-state index contributed by atoms with van der Waals surface area (Å²) in [7, 11) is 0. The topological polar surface area (TPSA) is 50.9 Å². The van der Waals surface area contributed by atoms with E-state index in [2.05, 4.69) is 17.2 Å². The molecule has 0 aromatic carbocycles. The van der Waals surface area contributed by atoms with Crippen molar-refractivity contribution in [3.05, 3.63) is 23.4 Å². The van der Waals surface area contributed by atoms with Crippen molar-refractivity contribution in [3.63, 3.8) is 0 Å². The van der Waals surface area contributed by atoms with E-state index in [1.54, 1.807) is 0 Å². The fourth-order valence-electron chi connectivity index (χ4n) is 2.07. The molecule has 3 nitrogen and oxygen atoms in total. The minimum atomic E-state index is 0.483. The molecule has 76 valence electrons. The number of nitrogens with one attached hydrogen (secondary N) is 1. The molecule has 0 saturated carbocycles. The van der Waals surface area contributed by atoms with Gasteiger partial charge in [0.1, 0.15) is 5.82 Å². The summed E-state index contributed by atoms with van der Waals surface area (Å²) in [5.74, 6) is 0.613. The van der Waals surface area contributed by atoms with E-state index in [0.29, 0.717) is 11.9 Å². The number of nitrogens with zero attached hydrogens (tertiary/aromatic N) is 1. The number of hydrogen-bond donors (Lipinski definition) is 2. The molecule has 2 heterocycles. The number of nitrogen functional groups attached to an aromatic ring is 1. The highest BCUT2D eigenvalue weighted by Gasteiger charge is 2.16. The fraction of sp³-hybridized carbons (Fsp3) is 0.545. The Morgan fingerprint density at radius 1 is 1.50 bits per heavy atom. The second-order valence-electron chi connectivity index (χ2n) is 3.97. The predicted octanol–water partition coefficient (Wildman–Crippen LogP) is 1.79. The van der Waals surface area contributed by atoms with Crippen LogP contribution in [-0.2, 0) is 0 Å². The Morgan fingerprint density at radius 2 is 2.36 bits per heavy atom. The van der Waals surface area contributed by atoms with E-state index < -0.39 is 0 Å². The largest absolute Gasteiger partial charge is 0.384 e. The number of nitrogens with two attached hydrogens (primary N) is 1. The third-order valence-corrected chi connectivity index (χ3v) is 2.86. The van der Waals surface area contributed by atoms with Gasteiger partial charge in [0.25, 0.3) is 0 Å². The summed E-state index contributed by atoms with van der Waals surface area (Å²) in [6.07, 6.45) is 5.72. The van der Waals surface area contributed by atoms with E-state index in [9.17, 15) is 0 Å². The van der Waals surface area contributed by atoms with Gasteiger partial charge in [-0.3, -0.25) is 0 Å². The number of piperidine rings is 1. The maximum absolute atomic E-state index is 5.63. The van der Waals surface area contributed by atoms with Crippen molar-refractivity contribution in [2.24, 2.45) is 0 Å². The first kappa shape index (κ1) is 9.46. The van der Waals surface area contributed by atoms with Crippen LogP contribution in [0.5, 0.6) is 0 Å². The molecule has 1 aromatic rings. The molecule has 1 atom stereocenters. The maximum atomic E-state index is 5.63. The van der Waals surface area contributed by atoms with Crippen LogP contribution in [0.1, 0.15) is 36.4 Å². The molecule has 1 aromatic heterocycles. The van der Waals surface area contributed by atoms with Gasteiger partial charge in [0.2, 0.25) is 0 Å². The molecule has 3 heteroatoms. The summed E-state index contributed by atoms with van der Waals surface area (Å²) >= 11 is 0. The van der Waals surface area contributed by atoms with Gasteiger partial charge in [-0.2, -0.15) is 0 Å². The molecule has 1 saturated heterocycles. The summed E-state index contributed by atoms with van der Waals surface area (Å²) in [5.41, 5.74) is 8.18. The lowest BCUT2D eigenvalue weighted by atomic mass is 9.96. The molecule has 1 aliphatic heterocycles. The van der Waals surface area contributed by atoms with Crippen molar-refractivity contribution in [1.29, 1.82) is 0 Å². The van der Waals surface area contributed by atoms with Gasteiger partial charge in [-0.15, -0.1) is 0 Å². The lowest BCUT2D eigenvalue weighted by molar-refractivity contribution is 0.410. The van der Waals surface area contributed by atoms with E-state index in [1.165, 1.54) is 30.4 Å². The molecule has 3 N–H and O–H groups in total. The Bertz CT molecular complexity index is 316. The van der Waals surface area contributed by atoms with Crippen LogP contribution in [0.4, 0.5) is 5.82 Å². The van der Waals surface area contributed by atoms with Crippen LogP contribution in [0, 0.1) is 6.92 Å². The third kappa shape index (κ3) is 1.87. The van der Waals surface area contributed by atoms with Gasteiger partial charge in [0, 0.05) is 12.2 Å². The monoisotopic (exact) mass is 191 g/mol. The van der Waals surface area contributed by atoms with Gasteiger partial charge in [-0.05, 0) is 43.5 Å². The van der Waals surface area contributed by atoms with Gasteiger partial charge in [0.05, 0.1) is 0 Å².